The third-order valence-corrected chi connectivity index (χ3v) is 2.42. The van der Waals surface area contributed by atoms with E-state index in [0.29, 0.717) is 0 Å². The summed E-state index contributed by atoms with van der Waals surface area (Å²) >= 11 is 0. The number of aromatic nitrogens is 4. The number of nitrogens with one attached hydrogen (secondary N) is 1. The Morgan fingerprint density at radius 1 is 1.44 bits per heavy atom. The quantitative estimate of drug-likeness (QED) is 0.780. The fraction of sp³-hybridized carbons (Fsp3) is 0.455. The SMILES string of the molecule is CCCCNc1nccn1-c1cnn(C)c1. The Kier molecular flexibility index (Phi) is 3.24. The summed E-state index contributed by atoms with van der Waals surface area (Å²) in [7, 11) is 1.91. The Bertz CT molecular complexity index is 443. The predicted octanol–water partition coefficient (Wildman–Crippen LogP) is 1.82. The molecule has 0 spiro atoms. The number of hydrogen-bond acceptors (Lipinski definition) is 3. The summed E-state index contributed by atoms with van der Waals surface area (Å²) in [4.78, 5) is 4.29. The van der Waals surface area contributed by atoms with E-state index in [0.717, 1.165) is 24.6 Å². The zero-order valence-corrected chi connectivity index (χ0v) is 9.72. The monoisotopic (exact) mass is 219 g/mol. The maximum absolute atomic E-state index is 4.29. The van der Waals surface area contributed by atoms with Crippen LogP contribution in [0.15, 0.2) is 24.8 Å². The largest absolute Gasteiger partial charge is 0.355 e. The van der Waals surface area contributed by atoms with Crippen molar-refractivity contribution in [3.8, 4) is 5.69 Å². The molecule has 2 aromatic rings. The van der Waals surface area contributed by atoms with Gasteiger partial charge < -0.3 is 5.32 Å². The Balaban J connectivity index is 2.12. The lowest BCUT2D eigenvalue weighted by atomic mass is 10.3. The average molecular weight is 219 g/mol. The summed E-state index contributed by atoms with van der Waals surface area (Å²) in [5, 5.41) is 7.47. The van der Waals surface area contributed by atoms with E-state index in [1.54, 1.807) is 10.9 Å². The van der Waals surface area contributed by atoms with Gasteiger partial charge in [-0.15, -0.1) is 0 Å². The fourth-order valence-electron chi connectivity index (χ4n) is 1.55. The van der Waals surface area contributed by atoms with Crippen LogP contribution in [0.1, 0.15) is 19.8 Å². The van der Waals surface area contributed by atoms with E-state index in [4.69, 9.17) is 0 Å². The second kappa shape index (κ2) is 4.83. The van der Waals surface area contributed by atoms with E-state index >= 15 is 0 Å². The van der Waals surface area contributed by atoms with Crippen LogP contribution in [0.5, 0.6) is 0 Å². The van der Waals surface area contributed by atoms with Crippen molar-refractivity contribution in [2.24, 2.45) is 7.05 Å². The first-order chi connectivity index (χ1) is 7.81. The number of nitrogens with zero attached hydrogens (tertiary/aromatic N) is 4. The Hall–Kier alpha value is -1.78. The minimum atomic E-state index is 0.876. The van der Waals surface area contributed by atoms with Crippen molar-refractivity contribution in [2.45, 2.75) is 19.8 Å². The highest BCUT2D eigenvalue weighted by atomic mass is 15.3. The lowest BCUT2D eigenvalue weighted by molar-refractivity contribution is 0.767. The van der Waals surface area contributed by atoms with Crippen LogP contribution in [0.2, 0.25) is 0 Å². The second-order valence-electron chi connectivity index (χ2n) is 3.77. The smallest absolute Gasteiger partial charge is 0.207 e. The molecule has 2 aromatic heterocycles. The van der Waals surface area contributed by atoms with Gasteiger partial charge in [-0.25, -0.2) is 4.98 Å². The van der Waals surface area contributed by atoms with Gasteiger partial charge >= 0.3 is 0 Å². The number of unbranched alkanes of at least 4 members (excludes halogenated alkanes) is 1. The zero-order valence-electron chi connectivity index (χ0n) is 9.72. The van der Waals surface area contributed by atoms with Gasteiger partial charge in [-0.3, -0.25) is 9.25 Å². The van der Waals surface area contributed by atoms with Crippen molar-refractivity contribution in [3.63, 3.8) is 0 Å². The second-order valence-corrected chi connectivity index (χ2v) is 3.77. The highest BCUT2D eigenvalue weighted by Gasteiger charge is 2.05. The molecule has 0 radical (unpaired) electrons. The van der Waals surface area contributed by atoms with Crippen LogP contribution in [0.3, 0.4) is 0 Å². The molecule has 0 saturated heterocycles. The number of hydrogen-bond donors (Lipinski definition) is 1. The third kappa shape index (κ3) is 2.24. The molecule has 0 aromatic carbocycles. The maximum atomic E-state index is 4.29. The summed E-state index contributed by atoms with van der Waals surface area (Å²) in [6.45, 7) is 3.13. The zero-order chi connectivity index (χ0) is 11.4. The molecule has 0 atom stereocenters. The molecule has 0 aliphatic carbocycles. The first-order valence-corrected chi connectivity index (χ1v) is 5.57. The summed E-state index contributed by atoms with van der Waals surface area (Å²) < 4.78 is 3.79. The van der Waals surface area contributed by atoms with E-state index in [-0.39, 0.29) is 0 Å². The summed E-state index contributed by atoms with van der Waals surface area (Å²) in [5.41, 5.74) is 1.03. The molecule has 86 valence electrons. The van der Waals surface area contributed by atoms with Crippen molar-refractivity contribution in [2.75, 3.05) is 11.9 Å². The third-order valence-electron chi connectivity index (χ3n) is 2.42. The molecule has 5 heteroatoms. The van der Waals surface area contributed by atoms with Crippen molar-refractivity contribution in [1.82, 2.24) is 19.3 Å². The lowest BCUT2D eigenvalue weighted by Crippen LogP contribution is -2.06. The Morgan fingerprint density at radius 3 is 3.00 bits per heavy atom. The van der Waals surface area contributed by atoms with Gasteiger partial charge in [-0.05, 0) is 6.42 Å². The first-order valence-electron chi connectivity index (χ1n) is 5.57. The normalized spacial score (nSPS) is 10.6. The molecule has 0 unspecified atom stereocenters. The standard InChI is InChI=1S/C11H17N5/c1-3-4-5-12-11-13-6-7-16(11)10-8-14-15(2)9-10/h6-9H,3-5H2,1-2H3,(H,12,13). The van der Waals surface area contributed by atoms with Gasteiger partial charge in [0.05, 0.1) is 11.9 Å². The van der Waals surface area contributed by atoms with Crippen molar-refractivity contribution in [3.05, 3.63) is 24.8 Å². The van der Waals surface area contributed by atoms with Crippen LogP contribution in [0.4, 0.5) is 5.95 Å². The summed E-state index contributed by atoms with van der Waals surface area (Å²) in [6.07, 6.45) is 9.85. The van der Waals surface area contributed by atoms with E-state index in [2.05, 4.69) is 22.3 Å². The first kappa shape index (κ1) is 10.7. The average Bonchev–Trinajstić information content (AvgIpc) is 2.87. The lowest BCUT2D eigenvalue weighted by Gasteiger charge is -2.06. The molecule has 16 heavy (non-hydrogen) atoms. The summed E-state index contributed by atoms with van der Waals surface area (Å²) in [6, 6.07) is 0. The Labute approximate surface area is 95.1 Å². The molecular weight excluding hydrogens is 202 g/mol. The van der Waals surface area contributed by atoms with Crippen LogP contribution < -0.4 is 5.32 Å². The molecule has 0 aliphatic heterocycles. The number of aryl methyl sites for hydroxylation is 1. The number of anilines is 1. The topological polar surface area (TPSA) is 47.7 Å². The van der Waals surface area contributed by atoms with Crippen LogP contribution in [-0.4, -0.2) is 25.9 Å². The van der Waals surface area contributed by atoms with Gasteiger partial charge in [0.25, 0.3) is 0 Å². The van der Waals surface area contributed by atoms with E-state index in [1.807, 2.05) is 30.2 Å². The van der Waals surface area contributed by atoms with Gasteiger partial charge in [-0.1, -0.05) is 13.3 Å². The van der Waals surface area contributed by atoms with Gasteiger partial charge in [0.1, 0.15) is 0 Å². The van der Waals surface area contributed by atoms with Gasteiger partial charge in [-0.2, -0.15) is 5.10 Å². The van der Waals surface area contributed by atoms with E-state index < -0.39 is 0 Å². The van der Waals surface area contributed by atoms with Gasteiger partial charge in [0.15, 0.2) is 0 Å². The molecule has 0 fully saturated rings. The van der Waals surface area contributed by atoms with Crippen molar-refractivity contribution < 1.29 is 0 Å². The van der Waals surface area contributed by atoms with Gasteiger partial charge in [0.2, 0.25) is 5.95 Å². The van der Waals surface area contributed by atoms with Crippen LogP contribution in [-0.2, 0) is 7.05 Å². The Morgan fingerprint density at radius 2 is 2.31 bits per heavy atom. The van der Waals surface area contributed by atoms with Crippen LogP contribution in [0, 0.1) is 0 Å². The maximum Gasteiger partial charge on any atom is 0.207 e. The molecule has 0 aliphatic rings. The highest BCUT2D eigenvalue weighted by molar-refractivity contribution is 5.38. The van der Waals surface area contributed by atoms with Crippen molar-refractivity contribution in [1.29, 1.82) is 0 Å². The molecule has 2 rings (SSSR count). The van der Waals surface area contributed by atoms with Crippen LogP contribution in [0.25, 0.3) is 5.69 Å². The minimum Gasteiger partial charge on any atom is -0.355 e. The molecule has 1 N–H and O–H groups in total. The molecule has 0 saturated carbocycles. The number of imidazole rings is 1. The highest BCUT2D eigenvalue weighted by Crippen LogP contribution is 2.13. The molecule has 5 nitrogen and oxygen atoms in total. The fourth-order valence-corrected chi connectivity index (χ4v) is 1.55. The molecule has 0 amide bonds. The summed E-state index contributed by atoms with van der Waals surface area (Å²) in [5.74, 6) is 0.876. The minimum absolute atomic E-state index is 0.876. The van der Waals surface area contributed by atoms with Crippen LogP contribution >= 0.6 is 0 Å². The molecule has 0 bridgehead atoms. The van der Waals surface area contributed by atoms with E-state index in [1.165, 1.54) is 6.42 Å². The van der Waals surface area contributed by atoms with Gasteiger partial charge in [0, 0.05) is 32.2 Å². The van der Waals surface area contributed by atoms with Crippen molar-refractivity contribution >= 4 is 5.95 Å². The number of rotatable bonds is 5. The predicted molar refractivity (Wildman–Crippen MR) is 63.7 cm³/mol. The van der Waals surface area contributed by atoms with E-state index in [9.17, 15) is 0 Å². The molecule has 2 heterocycles. The molecular formula is C11H17N5.